The van der Waals surface area contributed by atoms with E-state index in [2.05, 4.69) is 48.3 Å². The Morgan fingerprint density at radius 2 is 1.62 bits per heavy atom. The minimum Gasteiger partial charge on any atom is -0.352 e. The molecule has 3 amide bonds. The van der Waals surface area contributed by atoms with Crippen LogP contribution < -0.4 is 11.1 Å². The summed E-state index contributed by atoms with van der Waals surface area (Å²) < 4.78 is 0. The van der Waals surface area contributed by atoms with Crippen molar-refractivity contribution in [3.63, 3.8) is 0 Å². The number of urea groups is 1. The lowest BCUT2D eigenvalue weighted by Gasteiger charge is -2.37. The molecule has 0 unspecified atom stereocenters. The van der Waals surface area contributed by atoms with Crippen LogP contribution in [0.5, 0.6) is 0 Å². The highest BCUT2D eigenvalue weighted by Crippen LogP contribution is 2.17. The number of hydrogen-bond donors (Lipinski definition) is 2. The number of hydrogen-bond acceptors (Lipinski definition) is 3. The maximum absolute atomic E-state index is 12.7. The molecule has 0 aromatic heterocycles. The summed E-state index contributed by atoms with van der Waals surface area (Å²) >= 11 is 0. The van der Waals surface area contributed by atoms with Gasteiger partial charge in [0.15, 0.2) is 0 Å². The highest BCUT2D eigenvalue weighted by Gasteiger charge is 2.30. The second-order valence-corrected chi connectivity index (χ2v) is 7.73. The van der Waals surface area contributed by atoms with Gasteiger partial charge in [-0.1, -0.05) is 52.0 Å². The second-order valence-electron chi connectivity index (χ2n) is 7.73. The molecule has 0 saturated carbocycles. The van der Waals surface area contributed by atoms with Gasteiger partial charge in [0.25, 0.3) is 0 Å². The molecule has 3 N–H and O–H groups in total. The van der Waals surface area contributed by atoms with Crippen molar-refractivity contribution in [2.45, 2.75) is 46.2 Å². The largest absolute Gasteiger partial charge is 0.352 e. The molecule has 26 heavy (non-hydrogen) atoms. The number of rotatable bonds is 6. The molecule has 0 bridgehead atoms. The van der Waals surface area contributed by atoms with Crippen LogP contribution in [0.15, 0.2) is 24.3 Å². The van der Waals surface area contributed by atoms with Crippen LogP contribution in [0.4, 0.5) is 4.79 Å². The number of benzene rings is 1. The summed E-state index contributed by atoms with van der Waals surface area (Å²) in [6.45, 7) is 12.1. The first-order valence-electron chi connectivity index (χ1n) is 9.44. The average molecular weight is 361 g/mol. The normalized spacial score (nSPS) is 16.8. The van der Waals surface area contributed by atoms with Gasteiger partial charge in [-0.25, -0.2) is 4.79 Å². The molecule has 1 atom stereocenters. The monoisotopic (exact) mass is 360 g/mol. The molecular formula is C20H32N4O2. The van der Waals surface area contributed by atoms with E-state index < -0.39 is 12.1 Å². The Morgan fingerprint density at radius 1 is 1.04 bits per heavy atom. The van der Waals surface area contributed by atoms with Gasteiger partial charge in [-0.15, -0.1) is 0 Å². The Balaban J connectivity index is 1.87. The van der Waals surface area contributed by atoms with Crippen molar-refractivity contribution in [2.24, 2.45) is 11.7 Å². The summed E-state index contributed by atoms with van der Waals surface area (Å²) in [6, 6.07) is 7.57. The number of carbonyl (C=O) groups is 2. The minimum absolute atomic E-state index is 0.00695. The van der Waals surface area contributed by atoms with Gasteiger partial charge >= 0.3 is 6.03 Å². The Morgan fingerprint density at radius 3 is 2.08 bits per heavy atom. The van der Waals surface area contributed by atoms with Gasteiger partial charge in [-0.05, 0) is 23.0 Å². The van der Waals surface area contributed by atoms with Gasteiger partial charge in [-0.3, -0.25) is 9.69 Å². The van der Waals surface area contributed by atoms with Crippen LogP contribution in [0.1, 0.15) is 44.7 Å². The van der Waals surface area contributed by atoms with Crippen molar-refractivity contribution in [3.8, 4) is 0 Å². The van der Waals surface area contributed by atoms with E-state index in [1.165, 1.54) is 11.1 Å². The maximum atomic E-state index is 12.7. The molecule has 2 rings (SSSR count). The van der Waals surface area contributed by atoms with Gasteiger partial charge in [0.1, 0.15) is 6.04 Å². The van der Waals surface area contributed by atoms with E-state index >= 15 is 0 Å². The first-order valence-corrected chi connectivity index (χ1v) is 9.44. The van der Waals surface area contributed by atoms with E-state index in [1.54, 1.807) is 0 Å². The fourth-order valence-corrected chi connectivity index (χ4v) is 3.26. The van der Waals surface area contributed by atoms with Crippen molar-refractivity contribution in [1.29, 1.82) is 0 Å². The number of nitrogens with zero attached hydrogens (tertiary/aromatic N) is 2. The summed E-state index contributed by atoms with van der Waals surface area (Å²) in [5.74, 6) is 0.508. The first kappa shape index (κ1) is 20.2. The average Bonchev–Trinajstić information content (AvgIpc) is 2.60. The second kappa shape index (κ2) is 9.03. The molecule has 6 heteroatoms. The van der Waals surface area contributed by atoms with Crippen molar-refractivity contribution >= 4 is 11.9 Å². The van der Waals surface area contributed by atoms with E-state index in [0.717, 1.165) is 19.6 Å². The molecule has 144 valence electrons. The number of nitrogens with one attached hydrogen (secondary N) is 1. The lowest BCUT2D eigenvalue weighted by atomic mass is 10.0. The van der Waals surface area contributed by atoms with E-state index in [1.807, 2.05) is 18.7 Å². The fourth-order valence-electron chi connectivity index (χ4n) is 3.26. The molecular weight excluding hydrogens is 328 g/mol. The van der Waals surface area contributed by atoms with Crippen molar-refractivity contribution in [2.75, 3.05) is 26.2 Å². The SMILES string of the molecule is CC(C)c1ccc(CN2CCN(C(=O)[C@@H](NC(N)=O)C(C)C)CC2)cc1. The van der Waals surface area contributed by atoms with Gasteiger partial charge in [0.05, 0.1) is 0 Å². The van der Waals surface area contributed by atoms with Gasteiger partial charge in [-0.2, -0.15) is 0 Å². The molecule has 0 aliphatic carbocycles. The highest BCUT2D eigenvalue weighted by atomic mass is 16.2. The molecule has 1 fully saturated rings. The van der Waals surface area contributed by atoms with E-state index in [9.17, 15) is 9.59 Å². The molecule has 1 heterocycles. The number of amides is 3. The number of nitrogens with two attached hydrogens (primary N) is 1. The van der Waals surface area contributed by atoms with Crippen LogP contribution in [0.2, 0.25) is 0 Å². The molecule has 1 saturated heterocycles. The molecule has 1 aromatic rings. The summed E-state index contributed by atoms with van der Waals surface area (Å²) in [5, 5.41) is 2.58. The molecule has 1 aromatic carbocycles. The summed E-state index contributed by atoms with van der Waals surface area (Å²) in [6.07, 6.45) is 0. The van der Waals surface area contributed by atoms with E-state index in [-0.39, 0.29) is 11.8 Å². The Hall–Kier alpha value is -2.08. The molecule has 1 aliphatic heterocycles. The predicted molar refractivity (Wildman–Crippen MR) is 104 cm³/mol. The topological polar surface area (TPSA) is 78.7 Å². The minimum atomic E-state index is -0.652. The lowest BCUT2D eigenvalue weighted by molar-refractivity contribution is -0.136. The zero-order chi connectivity index (χ0) is 19.3. The predicted octanol–water partition coefficient (Wildman–Crippen LogP) is 2.15. The summed E-state index contributed by atoms with van der Waals surface area (Å²) in [5.41, 5.74) is 7.86. The van der Waals surface area contributed by atoms with Gasteiger partial charge in [0.2, 0.25) is 5.91 Å². The van der Waals surface area contributed by atoms with Crippen LogP contribution >= 0.6 is 0 Å². The fraction of sp³-hybridized carbons (Fsp3) is 0.600. The zero-order valence-electron chi connectivity index (χ0n) is 16.4. The van der Waals surface area contributed by atoms with Crippen LogP contribution in [-0.2, 0) is 11.3 Å². The molecule has 1 aliphatic rings. The molecule has 6 nitrogen and oxygen atoms in total. The van der Waals surface area contributed by atoms with Gasteiger partial charge < -0.3 is 16.0 Å². The number of piperazine rings is 1. The lowest BCUT2D eigenvalue weighted by Crippen LogP contribution is -2.57. The van der Waals surface area contributed by atoms with E-state index in [0.29, 0.717) is 19.0 Å². The maximum Gasteiger partial charge on any atom is 0.312 e. The third kappa shape index (κ3) is 5.46. The standard InChI is InChI=1S/C20H32N4O2/c1-14(2)17-7-5-16(6-8-17)13-23-9-11-24(12-10-23)19(25)18(15(3)4)22-20(21)26/h5-8,14-15,18H,9-13H2,1-4H3,(H3,21,22,26)/t18-/m0/s1. The number of primary amides is 1. The van der Waals surface area contributed by atoms with Crippen molar-refractivity contribution in [1.82, 2.24) is 15.1 Å². The smallest absolute Gasteiger partial charge is 0.312 e. The Labute approximate surface area is 156 Å². The van der Waals surface area contributed by atoms with Crippen molar-refractivity contribution in [3.05, 3.63) is 35.4 Å². The Bertz CT molecular complexity index is 605. The third-order valence-corrected chi connectivity index (χ3v) is 4.97. The van der Waals surface area contributed by atoms with Gasteiger partial charge in [0, 0.05) is 32.7 Å². The van der Waals surface area contributed by atoms with E-state index in [4.69, 9.17) is 5.73 Å². The summed E-state index contributed by atoms with van der Waals surface area (Å²) in [7, 11) is 0. The highest BCUT2D eigenvalue weighted by molar-refractivity contribution is 5.86. The zero-order valence-corrected chi connectivity index (χ0v) is 16.4. The summed E-state index contributed by atoms with van der Waals surface area (Å²) in [4.78, 5) is 28.0. The molecule has 0 radical (unpaired) electrons. The van der Waals surface area contributed by atoms with Crippen LogP contribution in [0.3, 0.4) is 0 Å². The first-order chi connectivity index (χ1) is 12.3. The van der Waals surface area contributed by atoms with Crippen molar-refractivity contribution < 1.29 is 9.59 Å². The van der Waals surface area contributed by atoms with Crippen LogP contribution in [-0.4, -0.2) is 54.0 Å². The van der Waals surface area contributed by atoms with Crippen LogP contribution in [0, 0.1) is 5.92 Å². The Kier molecular flexibility index (Phi) is 7.03. The third-order valence-electron chi connectivity index (χ3n) is 4.97. The molecule has 0 spiro atoms. The quantitative estimate of drug-likeness (QED) is 0.816. The van der Waals surface area contributed by atoms with Crippen LogP contribution in [0.25, 0.3) is 0 Å². The number of carbonyl (C=O) groups excluding carboxylic acids is 2.